The summed E-state index contributed by atoms with van der Waals surface area (Å²) < 4.78 is 0. The largest absolute Gasteiger partial charge is 0.381 e. The highest BCUT2D eigenvalue weighted by atomic mass is 16.3. The molecule has 2 heteroatoms. The summed E-state index contributed by atoms with van der Waals surface area (Å²) in [6, 6.07) is 0. The van der Waals surface area contributed by atoms with Gasteiger partial charge in [0.2, 0.25) is 0 Å². The van der Waals surface area contributed by atoms with Gasteiger partial charge in [-0.1, -0.05) is 13.3 Å². The van der Waals surface area contributed by atoms with Crippen LogP contribution in [0.5, 0.6) is 0 Å². The number of hydrogen-bond acceptors (Lipinski definition) is 2. The lowest BCUT2D eigenvalue weighted by Gasteiger charge is -2.55. The second kappa shape index (κ2) is 4.07. The smallest absolute Gasteiger partial charge is 0.178 e. The summed E-state index contributed by atoms with van der Waals surface area (Å²) in [6.07, 6.45) is 13.6. The van der Waals surface area contributed by atoms with E-state index >= 15 is 0 Å². The van der Waals surface area contributed by atoms with Gasteiger partial charge in [-0.2, -0.15) is 0 Å². The van der Waals surface area contributed by atoms with E-state index < -0.39 is 5.60 Å². The van der Waals surface area contributed by atoms with Crippen LogP contribution in [0.2, 0.25) is 0 Å². The number of carbonyl (C=O) groups excluding carboxylic acids is 1. The second-order valence-corrected chi connectivity index (χ2v) is 7.73. The van der Waals surface area contributed by atoms with E-state index in [-0.39, 0.29) is 5.78 Å². The molecule has 4 aliphatic rings. The van der Waals surface area contributed by atoms with E-state index in [1.54, 1.807) is 18.2 Å². The minimum Gasteiger partial charge on any atom is -0.381 e. The Bertz CT molecular complexity index is 518. The summed E-state index contributed by atoms with van der Waals surface area (Å²) in [4.78, 5) is 11.6. The Labute approximate surface area is 120 Å². The normalized spacial score (nSPS) is 50.2. The van der Waals surface area contributed by atoms with Gasteiger partial charge in [-0.25, -0.2) is 0 Å². The summed E-state index contributed by atoms with van der Waals surface area (Å²) in [5.41, 5.74) is 0.682. The summed E-state index contributed by atoms with van der Waals surface area (Å²) >= 11 is 0. The molecule has 5 atom stereocenters. The van der Waals surface area contributed by atoms with Crippen LogP contribution in [0, 0.1) is 23.2 Å². The van der Waals surface area contributed by atoms with Crippen LogP contribution < -0.4 is 0 Å². The molecule has 3 fully saturated rings. The van der Waals surface area contributed by atoms with Gasteiger partial charge in [0, 0.05) is 0 Å². The van der Waals surface area contributed by atoms with Crippen molar-refractivity contribution in [1.82, 2.24) is 0 Å². The van der Waals surface area contributed by atoms with Crippen molar-refractivity contribution in [2.45, 2.75) is 57.5 Å². The van der Waals surface area contributed by atoms with Gasteiger partial charge in [-0.15, -0.1) is 0 Å². The SMILES string of the molecule is C[C@@]12CCC[C@H]1[C@@H]1CCC3=CC(=O)C=C[C@]3(O)[C@H]1CC2. The maximum atomic E-state index is 11.6. The van der Waals surface area contributed by atoms with Crippen molar-refractivity contribution in [3.63, 3.8) is 0 Å². The fourth-order valence-electron chi connectivity index (χ4n) is 5.84. The van der Waals surface area contributed by atoms with Crippen LogP contribution in [-0.2, 0) is 4.79 Å². The molecule has 0 spiro atoms. The Morgan fingerprint density at radius 2 is 2.05 bits per heavy atom. The number of ketones is 1. The van der Waals surface area contributed by atoms with Gasteiger partial charge < -0.3 is 5.11 Å². The van der Waals surface area contributed by atoms with E-state index in [0.717, 1.165) is 24.3 Å². The number of allylic oxidation sites excluding steroid dienone is 2. The van der Waals surface area contributed by atoms with Gasteiger partial charge >= 0.3 is 0 Å². The fourth-order valence-corrected chi connectivity index (χ4v) is 5.84. The highest BCUT2D eigenvalue weighted by molar-refractivity contribution is 6.01. The standard InChI is InChI=1S/C18H24O2/c1-17-8-2-3-15(17)14-5-4-12-11-13(19)6-10-18(12,20)16(14)7-9-17/h6,10-11,14-16,20H,2-5,7-9H2,1H3/t14-,15-,16-,17-,18+/m0/s1. The first-order valence-corrected chi connectivity index (χ1v) is 8.20. The predicted octanol–water partition coefficient (Wildman–Crippen LogP) is 3.41. The van der Waals surface area contributed by atoms with Gasteiger partial charge in [0.25, 0.3) is 0 Å². The molecule has 0 unspecified atom stereocenters. The van der Waals surface area contributed by atoms with Crippen LogP contribution in [0.3, 0.4) is 0 Å². The van der Waals surface area contributed by atoms with Crippen molar-refractivity contribution in [3.05, 3.63) is 23.8 Å². The lowest BCUT2D eigenvalue weighted by atomic mass is 9.52. The third-order valence-electron chi connectivity index (χ3n) is 6.86. The third-order valence-corrected chi connectivity index (χ3v) is 6.86. The Kier molecular flexibility index (Phi) is 2.61. The molecule has 0 aromatic carbocycles. The van der Waals surface area contributed by atoms with Crippen LogP contribution in [-0.4, -0.2) is 16.5 Å². The zero-order valence-corrected chi connectivity index (χ0v) is 12.3. The minimum atomic E-state index is -0.819. The Hall–Kier alpha value is -0.890. The predicted molar refractivity (Wildman–Crippen MR) is 78.1 cm³/mol. The molecule has 0 bridgehead atoms. The number of fused-ring (bicyclic) bond motifs is 5. The van der Waals surface area contributed by atoms with Gasteiger partial charge in [-0.05, 0) is 85.5 Å². The van der Waals surface area contributed by atoms with E-state index in [9.17, 15) is 9.90 Å². The Balaban J connectivity index is 1.71. The van der Waals surface area contributed by atoms with Crippen LogP contribution in [0.25, 0.3) is 0 Å². The van der Waals surface area contributed by atoms with Crippen molar-refractivity contribution in [2.75, 3.05) is 0 Å². The first kappa shape index (κ1) is 12.8. The molecular weight excluding hydrogens is 248 g/mol. The molecule has 0 amide bonds. The average Bonchev–Trinajstić information content (AvgIpc) is 2.81. The van der Waals surface area contributed by atoms with Crippen LogP contribution in [0.4, 0.5) is 0 Å². The molecule has 4 rings (SSSR count). The zero-order chi connectivity index (χ0) is 14.0. The highest BCUT2D eigenvalue weighted by Gasteiger charge is 2.56. The van der Waals surface area contributed by atoms with E-state index in [0.29, 0.717) is 17.3 Å². The van der Waals surface area contributed by atoms with Crippen molar-refractivity contribution >= 4 is 5.78 Å². The van der Waals surface area contributed by atoms with Crippen LogP contribution in [0.15, 0.2) is 23.8 Å². The third kappa shape index (κ3) is 1.57. The maximum Gasteiger partial charge on any atom is 0.178 e. The van der Waals surface area contributed by atoms with E-state index in [2.05, 4.69) is 6.92 Å². The first-order chi connectivity index (χ1) is 9.53. The number of carbonyl (C=O) groups is 1. The molecule has 3 saturated carbocycles. The molecular formula is C18H24O2. The van der Waals surface area contributed by atoms with E-state index in [1.165, 1.54) is 32.1 Å². The molecule has 0 radical (unpaired) electrons. The van der Waals surface area contributed by atoms with Crippen LogP contribution in [0.1, 0.15) is 51.9 Å². The number of hydrogen-bond donors (Lipinski definition) is 1. The lowest BCUT2D eigenvalue weighted by Crippen LogP contribution is -2.53. The molecule has 1 N–H and O–H groups in total. The average molecular weight is 272 g/mol. The van der Waals surface area contributed by atoms with Gasteiger partial charge in [0.15, 0.2) is 5.78 Å². The maximum absolute atomic E-state index is 11.6. The number of rotatable bonds is 0. The monoisotopic (exact) mass is 272 g/mol. The zero-order valence-electron chi connectivity index (χ0n) is 12.3. The molecule has 0 aromatic heterocycles. The molecule has 0 saturated heterocycles. The molecule has 0 heterocycles. The Morgan fingerprint density at radius 1 is 1.20 bits per heavy atom. The highest BCUT2D eigenvalue weighted by Crippen LogP contribution is 2.62. The molecule has 0 aliphatic heterocycles. The quantitative estimate of drug-likeness (QED) is 0.733. The van der Waals surface area contributed by atoms with E-state index in [4.69, 9.17) is 0 Å². The fraction of sp³-hybridized carbons (Fsp3) is 0.722. The summed E-state index contributed by atoms with van der Waals surface area (Å²) in [6.45, 7) is 2.47. The second-order valence-electron chi connectivity index (χ2n) is 7.73. The summed E-state index contributed by atoms with van der Waals surface area (Å²) in [7, 11) is 0. The molecule has 20 heavy (non-hydrogen) atoms. The van der Waals surface area contributed by atoms with Gasteiger partial charge in [-0.3, -0.25) is 4.79 Å². The van der Waals surface area contributed by atoms with Crippen LogP contribution >= 0.6 is 0 Å². The van der Waals surface area contributed by atoms with Crippen molar-refractivity contribution in [1.29, 1.82) is 0 Å². The summed E-state index contributed by atoms with van der Waals surface area (Å²) in [5.74, 6) is 1.82. The topological polar surface area (TPSA) is 37.3 Å². The van der Waals surface area contributed by atoms with Crippen molar-refractivity contribution in [3.8, 4) is 0 Å². The minimum absolute atomic E-state index is 0.0460. The van der Waals surface area contributed by atoms with Gasteiger partial charge in [0.1, 0.15) is 5.60 Å². The number of aliphatic hydroxyl groups is 1. The Morgan fingerprint density at radius 3 is 2.90 bits per heavy atom. The first-order valence-electron chi connectivity index (χ1n) is 8.20. The molecule has 4 aliphatic carbocycles. The lowest BCUT2D eigenvalue weighted by molar-refractivity contribution is -0.112. The van der Waals surface area contributed by atoms with E-state index in [1.807, 2.05) is 0 Å². The molecule has 108 valence electrons. The molecule has 2 nitrogen and oxygen atoms in total. The van der Waals surface area contributed by atoms with Crippen molar-refractivity contribution in [2.24, 2.45) is 23.2 Å². The summed E-state index contributed by atoms with van der Waals surface area (Å²) in [5, 5.41) is 11.2. The van der Waals surface area contributed by atoms with Crippen molar-refractivity contribution < 1.29 is 9.90 Å². The molecule has 0 aromatic rings. The van der Waals surface area contributed by atoms with Gasteiger partial charge in [0.05, 0.1) is 0 Å².